The number of nitrogen functional groups attached to an aromatic ring is 1. The third-order valence-corrected chi connectivity index (χ3v) is 8.49. The molecule has 2 aromatic heterocycles. The van der Waals surface area contributed by atoms with Gasteiger partial charge >= 0.3 is 13.7 Å². The molecule has 0 aliphatic heterocycles. The van der Waals surface area contributed by atoms with Crippen molar-refractivity contribution in [3.8, 4) is 5.75 Å². The number of nitrogens with two attached hydrogens (primary N) is 1. The number of ether oxygens (including phenoxy) is 2. The van der Waals surface area contributed by atoms with Gasteiger partial charge in [0.15, 0.2) is 17.4 Å². The zero-order valence-corrected chi connectivity index (χ0v) is 25.5. The molecule has 0 saturated heterocycles. The number of rotatable bonds is 14. The van der Waals surface area contributed by atoms with E-state index in [4.69, 9.17) is 24.3 Å². The number of hydrogen-bond donors (Lipinski definition) is 4. The van der Waals surface area contributed by atoms with E-state index >= 15 is 4.39 Å². The molecule has 5 atom stereocenters. The minimum atomic E-state index is -4.51. The second-order valence-corrected chi connectivity index (χ2v) is 12.8. The van der Waals surface area contributed by atoms with Crippen molar-refractivity contribution in [3.63, 3.8) is 0 Å². The first-order chi connectivity index (χ1) is 20.7. The van der Waals surface area contributed by atoms with Gasteiger partial charge in [0.2, 0.25) is 11.8 Å². The van der Waals surface area contributed by atoms with Gasteiger partial charge in [-0.1, -0.05) is 24.6 Å². The van der Waals surface area contributed by atoms with Gasteiger partial charge in [-0.25, -0.2) is 18.3 Å². The average Bonchev–Trinajstić information content (AvgIpc) is 3.39. The number of fused-ring (bicyclic) bond motifs is 1. The normalized spacial score (nSPS) is 19.8. The topological polar surface area (TPSA) is 193 Å². The highest BCUT2D eigenvalue weighted by Crippen LogP contribution is 2.46. The molecular formula is C27H37F2N6O8P. The molecule has 1 aliphatic carbocycles. The predicted octanol–water partition coefficient (Wildman–Crippen LogP) is 3.68. The Balaban J connectivity index is 1.55. The van der Waals surface area contributed by atoms with Crippen LogP contribution >= 0.6 is 7.75 Å². The molecule has 242 valence electrons. The van der Waals surface area contributed by atoms with Crippen molar-refractivity contribution in [1.82, 2.24) is 24.6 Å². The summed E-state index contributed by atoms with van der Waals surface area (Å²) in [6, 6.07) is 6.68. The number of nitrogens with zero attached hydrogens (tertiary/aromatic N) is 3. The minimum Gasteiger partial charge on any atom is -0.461 e. The van der Waals surface area contributed by atoms with Gasteiger partial charge < -0.3 is 24.8 Å². The minimum absolute atomic E-state index is 0.0923. The third-order valence-electron chi connectivity index (χ3n) is 6.86. The summed E-state index contributed by atoms with van der Waals surface area (Å²) in [5.74, 6) is -3.79. The summed E-state index contributed by atoms with van der Waals surface area (Å²) in [7, 11) is -4.51. The van der Waals surface area contributed by atoms with Crippen LogP contribution in [0.25, 0.3) is 11.2 Å². The molecule has 0 bridgehead atoms. The van der Waals surface area contributed by atoms with E-state index in [0.717, 1.165) is 56.8 Å². The van der Waals surface area contributed by atoms with Crippen LogP contribution in [0.5, 0.6) is 5.75 Å². The highest BCUT2D eigenvalue weighted by atomic mass is 31.2. The first kappa shape index (κ1) is 33.5. The predicted molar refractivity (Wildman–Crippen MR) is 155 cm³/mol. The molecule has 1 fully saturated rings. The molecule has 44 heavy (non-hydrogen) atoms. The largest absolute Gasteiger partial charge is 0.461 e. The van der Waals surface area contributed by atoms with Crippen molar-refractivity contribution >= 4 is 30.8 Å². The highest BCUT2D eigenvalue weighted by Gasteiger charge is 2.44. The van der Waals surface area contributed by atoms with Gasteiger partial charge in [-0.3, -0.25) is 23.7 Å². The zero-order chi connectivity index (χ0) is 32.1. The first-order valence-electron chi connectivity index (χ1n) is 14.1. The Morgan fingerprint density at radius 2 is 1.95 bits per heavy atom. The molecule has 5 unspecified atom stereocenters. The number of carbonyl (C=O) groups is 1. The van der Waals surface area contributed by atoms with Crippen molar-refractivity contribution in [2.45, 2.75) is 82.7 Å². The number of aromatic nitrogens is 4. The summed E-state index contributed by atoms with van der Waals surface area (Å²) >= 11 is 0. The van der Waals surface area contributed by atoms with E-state index in [2.05, 4.69) is 20.0 Å². The Morgan fingerprint density at radius 3 is 2.61 bits per heavy atom. The Labute approximate surface area is 251 Å². The van der Waals surface area contributed by atoms with Crippen LogP contribution in [0, 0.1) is 0 Å². The summed E-state index contributed by atoms with van der Waals surface area (Å²) < 4.78 is 66.8. The smallest absolute Gasteiger partial charge is 0.459 e. The van der Waals surface area contributed by atoms with Gasteiger partial charge in [-0.2, -0.15) is 10.1 Å². The summed E-state index contributed by atoms with van der Waals surface area (Å²) in [4.78, 5) is 35.1. The Kier molecular flexibility index (Phi) is 10.4. The van der Waals surface area contributed by atoms with Gasteiger partial charge in [-0.05, 0) is 58.6 Å². The quantitative estimate of drug-likeness (QED) is 0.147. The van der Waals surface area contributed by atoms with E-state index in [9.17, 15) is 23.7 Å². The molecule has 0 radical (unpaired) electrons. The van der Waals surface area contributed by atoms with Crippen molar-refractivity contribution in [2.24, 2.45) is 0 Å². The molecule has 1 aromatic carbocycles. The number of alkyl halides is 2. The zero-order valence-electron chi connectivity index (χ0n) is 24.6. The summed E-state index contributed by atoms with van der Waals surface area (Å²) in [6.45, 7) is 0.817. The standard InChI is InChI=1S/C27H37F2N6O8P/c1-17(23(37)41-18-10-6-4-7-11-18)34-44(39,43-19-12-8-5-9-13-19)40-15-27(3,29)42-24(26(2,38)14-28)35-16-31-20-21(35)32-25(30)33-22(20)36/h5,8-9,12-13,16-18,24,38H,4,6-7,10-11,14-15H2,1-3H3,(H,34,39)(H3,30,32,33,36). The lowest BCUT2D eigenvalue weighted by Crippen LogP contribution is -2.45. The second kappa shape index (κ2) is 13.7. The monoisotopic (exact) mass is 642 g/mol. The van der Waals surface area contributed by atoms with Gasteiger partial charge in [-0.15, -0.1) is 0 Å². The SMILES string of the molecule is CC(NP(=O)(OCC(C)(F)OC(n1cnc2c(=O)[nH]c(N)nc21)C(C)(O)CF)Oc1ccccc1)C(=O)OC1CCCCC1. The number of carbonyl (C=O) groups excluding carboxylic acids is 1. The number of hydrogen-bond acceptors (Lipinski definition) is 11. The number of esters is 1. The molecule has 0 amide bonds. The molecule has 2 heterocycles. The number of para-hydroxylation sites is 1. The van der Waals surface area contributed by atoms with Crippen LogP contribution in [0.1, 0.15) is 59.1 Å². The lowest BCUT2D eigenvalue weighted by atomic mass is 9.98. The van der Waals surface area contributed by atoms with Crippen LogP contribution in [0.15, 0.2) is 41.5 Å². The first-order valence-corrected chi connectivity index (χ1v) is 15.6. The third kappa shape index (κ3) is 8.39. The number of benzene rings is 1. The number of halogens is 2. The molecule has 17 heteroatoms. The van der Waals surface area contributed by atoms with Crippen molar-refractivity contribution in [3.05, 3.63) is 47.0 Å². The van der Waals surface area contributed by atoms with E-state index < -0.39 is 56.3 Å². The number of anilines is 1. The number of aromatic amines is 1. The van der Waals surface area contributed by atoms with Crippen LogP contribution in [-0.4, -0.2) is 67.5 Å². The fraction of sp³-hybridized carbons (Fsp3) is 0.556. The Morgan fingerprint density at radius 1 is 1.27 bits per heavy atom. The van der Waals surface area contributed by atoms with E-state index in [1.54, 1.807) is 18.2 Å². The van der Waals surface area contributed by atoms with E-state index in [1.165, 1.54) is 19.1 Å². The lowest BCUT2D eigenvalue weighted by Gasteiger charge is -2.36. The Hall–Kier alpha value is -3.43. The average molecular weight is 643 g/mol. The maximum absolute atomic E-state index is 16.0. The van der Waals surface area contributed by atoms with E-state index in [1.807, 2.05) is 0 Å². The second-order valence-electron chi connectivity index (χ2n) is 11.1. The number of H-pyrrole nitrogens is 1. The van der Waals surface area contributed by atoms with Crippen molar-refractivity contribution in [2.75, 3.05) is 19.0 Å². The number of imidazole rings is 1. The van der Waals surface area contributed by atoms with Gasteiger partial charge in [0, 0.05) is 0 Å². The molecule has 1 aliphatic rings. The lowest BCUT2D eigenvalue weighted by molar-refractivity contribution is -0.254. The van der Waals surface area contributed by atoms with Gasteiger partial charge in [0.05, 0.1) is 6.33 Å². The molecule has 3 aromatic rings. The van der Waals surface area contributed by atoms with Crippen LogP contribution in [0.4, 0.5) is 14.7 Å². The molecular weight excluding hydrogens is 605 g/mol. The molecule has 5 N–H and O–H groups in total. The molecule has 4 rings (SSSR count). The van der Waals surface area contributed by atoms with Gasteiger partial charge in [0.1, 0.15) is 36.8 Å². The number of aliphatic hydroxyl groups is 1. The molecule has 1 saturated carbocycles. The fourth-order valence-electron chi connectivity index (χ4n) is 4.58. The molecule has 0 spiro atoms. The van der Waals surface area contributed by atoms with Crippen LogP contribution in [0.2, 0.25) is 0 Å². The summed E-state index contributed by atoms with van der Waals surface area (Å²) in [6.07, 6.45) is 3.23. The maximum Gasteiger partial charge on any atom is 0.459 e. The van der Waals surface area contributed by atoms with Crippen molar-refractivity contribution < 1.29 is 41.8 Å². The van der Waals surface area contributed by atoms with Gasteiger partial charge in [0.25, 0.3) is 5.56 Å². The van der Waals surface area contributed by atoms with E-state index in [-0.39, 0.29) is 29.0 Å². The highest BCUT2D eigenvalue weighted by molar-refractivity contribution is 7.52. The fourth-order valence-corrected chi connectivity index (χ4v) is 6.14. The van der Waals surface area contributed by atoms with E-state index in [0.29, 0.717) is 0 Å². The van der Waals surface area contributed by atoms with Crippen LogP contribution < -0.4 is 20.9 Å². The summed E-state index contributed by atoms with van der Waals surface area (Å²) in [5, 5.41) is 13.3. The Bertz CT molecular complexity index is 1530. The van der Waals surface area contributed by atoms with Crippen molar-refractivity contribution in [1.29, 1.82) is 0 Å². The maximum atomic E-state index is 16.0. The summed E-state index contributed by atoms with van der Waals surface area (Å²) in [5.41, 5.74) is 2.09. The van der Waals surface area contributed by atoms with Crippen LogP contribution in [-0.2, 0) is 23.4 Å². The van der Waals surface area contributed by atoms with Crippen LogP contribution in [0.3, 0.4) is 0 Å². The molecule has 14 nitrogen and oxygen atoms in total. The number of nitrogens with one attached hydrogen (secondary N) is 2.